The molecule has 0 aromatic heterocycles. The summed E-state index contributed by atoms with van der Waals surface area (Å²) >= 11 is 0. The van der Waals surface area contributed by atoms with Crippen LogP contribution in [0.2, 0.25) is 0 Å². The first kappa shape index (κ1) is 41.8. The monoisotopic (exact) mass is 758 g/mol. The zero-order valence-corrected chi connectivity index (χ0v) is 31.9. The van der Waals surface area contributed by atoms with Crippen LogP contribution in [0.25, 0.3) is 0 Å². The molecule has 14 heteroatoms. The maximum Gasteiger partial charge on any atom is 0.187 e. The van der Waals surface area contributed by atoms with Crippen LogP contribution in [0, 0.1) is 46.3 Å². The van der Waals surface area contributed by atoms with Crippen molar-refractivity contribution in [2.45, 2.75) is 158 Å². The summed E-state index contributed by atoms with van der Waals surface area (Å²) in [6, 6.07) is 0. The molecule has 2 heterocycles. The van der Waals surface area contributed by atoms with E-state index < -0.39 is 90.6 Å². The fourth-order valence-electron chi connectivity index (χ4n) is 12.1. The topological polar surface area (TPSA) is 228 Å². The molecule has 4 saturated carbocycles. The van der Waals surface area contributed by atoms with Crippen molar-refractivity contribution in [1.82, 2.24) is 0 Å². The zero-order valence-electron chi connectivity index (χ0n) is 31.9. The van der Waals surface area contributed by atoms with Gasteiger partial charge in [0, 0.05) is 25.4 Å². The number of ether oxygens (including phenoxy) is 5. The van der Waals surface area contributed by atoms with E-state index in [4.69, 9.17) is 23.7 Å². The normalized spacial score (nSPS) is 52.6. The van der Waals surface area contributed by atoms with Crippen molar-refractivity contribution >= 4 is 0 Å². The van der Waals surface area contributed by atoms with Gasteiger partial charge in [-0.25, -0.2) is 0 Å². The van der Waals surface area contributed by atoms with Crippen LogP contribution < -0.4 is 0 Å². The Labute approximate surface area is 313 Å². The molecule has 4 aliphatic carbocycles. The van der Waals surface area contributed by atoms with Gasteiger partial charge in [-0.05, 0) is 79.4 Å². The van der Waals surface area contributed by atoms with E-state index in [1.807, 2.05) is 6.92 Å². The molecule has 0 bridgehead atoms. The van der Waals surface area contributed by atoms with Crippen molar-refractivity contribution in [2.75, 3.05) is 26.9 Å². The van der Waals surface area contributed by atoms with Gasteiger partial charge in [0.15, 0.2) is 12.6 Å². The van der Waals surface area contributed by atoms with E-state index in [1.165, 1.54) is 7.11 Å². The van der Waals surface area contributed by atoms with E-state index in [2.05, 4.69) is 27.4 Å². The molecule has 0 amide bonds. The van der Waals surface area contributed by atoms with Crippen molar-refractivity contribution in [3.63, 3.8) is 0 Å². The van der Waals surface area contributed by atoms with Gasteiger partial charge in [0.2, 0.25) is 0 Å². The van der Waals surface area contributed by atoms with Crippen LogP contribution in [0.15, 0.2) is 12.2 Å². The van der Waals surface area contributed by atoms with Gasteiger partial charge in [0.1, 0.15) is 36.6 Å². The van der Waals surface area contributed by atoms with Crippen molar-refractivity contribution in [2.24, 2.45) is 46.3 Å². The Balaban J connectivity index is 1.07. The Bertz CT molecular complexity index is 1270. The highest BCUT2D eigenvalue weighted by Crippen LogP contribution is 2.69. The molecule has 0 aromatic rings. The second kappa shape index (κ2) is 15.8. The van der Waals surface area contributed by atoms with E-state index in [1.54, 1.807) is 0 Å². The van der Waals surface area contributed by atoms with Gasteiger partial charge in [0.05, 0.1) is 49.8 Å². The Morgan fingerprint density at radius 3 is 2.09 bits per heavy atom. The highest BCUT2D eigenvalue weighted by atomic mass is 16.8. The molecule has 0 spiro atoms. The third kappa shape index (κ3) is 7.30. The predicted octanol–water partition coefficient (Wildman–Crippen LogP) is 0.215. The van der Waals surface area contributed by atoms with Crippen LogP contribution in [-0.2, 0) is 23.7 Å². The maximum absolute atomic E-state index is 12.6. The summed E-state index contributed by atoms with van der Waals surface area (Å²) in [5, 5.41) is 99.3. The lowest BCUT2D eigenvalue weighted by molar-refractivity contribution is -0.346. The lowest BCUT2D eigenvalue weighted by Crippen LogP contribution is -2.68. The van der Waals surface area contributed by atoms with Gasteiger partial charge in [-0.15, -0.1) is 0 Å². The van der Waals surface area contributed by atoms with E-state index in [-0.39, 0.29) is 61.2 Å². The Morgan fingerprint density at radius 1 is 0.811 bits per heavy atom. The quantitative estimate of drug-likeness (QED) is 0.129. The fourth-order valence-corrected chi connectivity index (χ4v) is 12.1. The Morgan fingerprint density at radius 2 is 1.43 bits per heavy atom. The summed E-state index contributed by atoms with van der Waals surface area (Å²) in [7, 11) is 1.33. The van der Waals surface area contributed by atoms with Crippen LogP contribution >= 0.6 is 0 Å². The number of fused-ring (bicyclic) bond motifs is 5. The van der Waals surface area contributed by atoms with Crippen LogP contribution in [0.3, 0.4) is 0 Å². The SMILES string of the molecule is C=C(CC[C@@H](C)[C@H]1[C@@H](O)[C@@H](O)C2[C@]3(O)C[C@H](O)C4C[C@@H](O)CC[C@]4(C)C3CC[C@@]21C)[C@H](C)CO[C@@H]1OC[C@@H](O)[C@H](O)[C@H]1O[C@@H]1OC[C@@H](O)[C@H](O)[C@H]1OC. The number of aliphatic hydroxyl groups is 9. The minimum atomic E-state index is -1.39. The van der Waals surface area contributed by atoms with Crippen LogP contribution in [0.5, 0.6) is 0 Å². The van der Waals surface area contributed by atoms with Gasteiger partial charge in [0.25, 0.3) is 0 Å². The zero-order chi connectivity index (χ0) is 38.8. The molecule has 9 N–H and O–H groups in total. The number of rotatable bonds is 11. The maximum atomic E-state index is 12.6. The highest BCUT2D eigenvalue weighted by Gasteiger charge is 2.72. The van der Waals surface area contributed by atoms with Crippen molar-refractivity contribution in [3.8, 4) is 0 Å². The summed E-state index contributed by atoms with van der Waals surface area (Å²) in [6.45, 7) is 12.3. The second-order valence-corrected chi connectivity index (χ2v) is 18.1. The molecule has 6 fully saturated rings. The molecule has 2 aliphatic heterocycles. The first-order chi connectivity index (χ1) is 24.9. The summed E-state index contributed by atoms with van der Waals surface area (Å²) in [5.41, 5.74) is -1.38. The molecule has 0 aromatic carbocycles. The number of methoxy groups -OCH3 is 1. The lowest BCUT2D eigenvalue weighted by Gasteiger charge is -2.65. The Hall–Kier alpha value is -0.820. The van der Waals surface area contributed by atoms with Crippen LogP contribution in [0.1, 0.15) is 79.1 Å². The number of hydrogen-bond donors (Lipinski definition) is 9. The van der Waals surface area contributed by atoms with E-state index >= 15 is 0 Å². The minimum absolute atomic E-state index is 0.0319. The van der Waals surface area contributed by atoms with Gasteiger partial charge in [-0.1, -0.05) is 39.8 Å². The van der Waals surface area contributed by atoms with Gasteiger partial charge in [-0.2, -0.15) is 0 Å². The predicted molar refractivity (Wildman–Crippen MR) is 189 cm³/mol. The molecular formula is C39H66O14. The average Bonchev–Trinajstić information content (AvgIpc) is 3.32. The van der Waals surface area contributed by atoms with Crippen molar-refractivity contribution in [1.29, 1.82) is 0 Å². The molecule has 6 aliphatic rings. The molecule has 306 valence electrons. The first-order valence-corrected chi connectivity index (χ1v) is 19.8. The average molecular weight is 759 g/mol. The molecule has 53 heavy (non-hydrogen) atoms. The summed E-state index contributed by atoms with van der Waals surface area (Å²) in [4.78, 5) is 0. The van der Waals surface area contributed by atoms with E-state index in [0.717, 1.165) is 18.4 Å². The fraction of sp³-hybridized carbons (Fsp3) is 0.949. The molecule has 14 nitrogen and oxygen atoms in total. The van der Waals surface area contributed by atoms with Crippen molar-refractivity contribution < 1.29 is 69.6 Å². The largest absolute Gasteiger partial charge is 0.393 e. The second-order valence-electron chi connectivity index (χ2n) is 18.1. The molecule has 2 saturated heterocycles. The van der Waals surface area contributed by atoms with Crippen LogP contribution in [0.4, 0.5) is 0 Å². The lowest BCUT2D eigenvalue weighted by atomic mass is 9.42. The molecule has 0 radical (unpaired) electrons. The highest BCUT2D eigenvalue weighted by molar-refractivity contribution is 5.22. The van der Waals surface area contributed by atoms with Crippen LogP contribution in [-0.4, -0.2) is 152 Å². The molecule has 6 rings (SSSR count). The summed E-state index contributed by atoms with van der Waals surface area (Å²) < 4.78 is 28.6. The van der Waals surface area contributed by atoms with Crippen molar-refractivity contribution in [3.05, 3.63) is 12.2 Å². The number of aliphatic hydroxyl groups excluding tert-OH is 8. The summed E-state index contributed by atoms with van der Waals surface area (Å²) in [6.07, 6.45) is -8.33. The van der Waals surface area contributed by atoms with E-state index in [0.29, 0.717) is 32.1 Å². The van der Waals surface area contributed by atoms with Gasteiger partial charge in [-0.3, -0.25) is 0 Å². The smallest absolute Gasteiger partial charge is 0.187 e. The van der Waals surface area contributed by atoms with Gasteiger partial charge >= 0.3 is 0 Å². The standard InChI is InChI=1S/C39H66O14/c1-18(20(3)15-50-35-33(29(45)25(43)16-51-35)53-36-32(49-6)28(44)24(42)17-52-36)7-8-19(2)27-30(46)31(47)34-38(27,5)12-10-26-37(4)11-9-21(40)13-22(37)23(41)14-39(26,34)48/h19-36,40-48H,1,7-17H2,2-6H3/t19-,20-,21+,22?,23+,24-,25-,26?,27+,28+,29+,30-,31-,32-,33-,34?,35-,36+,37+,38-,39+/m1/s1. The summed E-state index contributed by atoms with van der Waals surface area (Å²) in [5.74, 6) is -1.35. The van der Waals surface area contributed by atoms with Gasteiger partial charge < -0.3 is 69.6 Å². The minimum Gasteiger partial charge on any atom is -0.393 e. The molecule has 21 atom stereocenters. The third-order valence-electron chi connectivity index (χ3n) is 15.0. The molecule has 3 unspecified atom stereocenters. The van der Waals surface area contributed by atoms with E-state index in [9.17, 15) is 46.0 Å². The molecular weight excluding hydrogens is 692 g/mol. The Kier molecular flexibility index (Phi) is 12.5. The first-order valence-electron chi connectivity index (χ1n) is 19.8. The number of hydrogen-bond acceptors (Lipinski definition) is 14. The third-order valence-corrected chi connectivity index (χ3v) is 15.0.